The van der Waals surface area contributed by atoms with Crippen molar-refractivity contribution < 1.29 is 14.5 Å². The summed E-state index contributed by atoms with van der Waals surface area (Å²) in [7, 11) is 1.40. The van der Waals surface area contributed by atoms with E-state index in [1.165, 1.54) is 13.2 Å². The number of methoxy groups -OCH3 is 1. The highest BCUT2D eigenvalue weighted by Crippen LogP contribution is 2.23. The van der Waals surface area contributed by atoms with Crippen LogP contribution in [0.15, 0.2) is 24.3 Å². The summed E-state index contributed by atoms with van der Waals surface area (Å²) in [6, 6.07) is 6.79. The lowest BCUT2D eigenvalue weighted by molar-refractivity contribution is -0.385. The number of carbonyl (C=O) groups excluding carboxylic acids is 1. The average molecular weight is 278 g/mol. The minimum Gasteiger partial charge on any atom is -0.469 e. The summed E-state index contributed by atoms with van der Waals surface area (Å²) in [6.07, 6.45) is 1.49. The summed E-state index contributed by atoms with van der Waals surface area (Å²) < 4.78 is 4.75. The third-order valence-corrected chi connectivity index (χ3v) is 3.70. The van der Waals surface area contributed by atoms with E-state index < -0.39 is 0 Å². The van der Waals surface area contributed by atoms with Crippen LogP contribution in [0.2, 0.25) is 0 Å². The molecule has 1 aliphatic rings. The summed E-state index contributed by atoms with van der Waals surface area (Å²) in [5.74, 6) is -0.197. The van der Waals surface area contributed by atoms with Gasteiger partial charge in [0.15, 0.2) is 0 Å². The molecule has 108 valence electrons. The van der Waals surface area contributed by atoms with Crippen LogP contribution in [0.4, 0.5) is 5.69 Å². The normalized spacial score (nSPS) is 16.9. The van der Waals surface area contributed by atoms with E-state index >= 15 is 0 Å². The van der Waals surface area contributed by atoms with Gasteiger partial charge in [-0.3, -0.25) is 19.8 Å². The molecule has 6 heteroatoms. The predicted octanol–water partition coefficient (Wildman–Crippen LogP) is 1.98. The first-order valence-corrected chi connectivity index (χ1v) is 6.64. The number of benzene rings is 1. The SMILES string of the molecule is COC(=O)C1CCN(Cc2ccccc2[N+](=O)[O-])CC1. The van der Waals surface area contributed by atoms with Crippen molar-refractivity contribution in [3.05, 3.63) is 39.9 Å². The lowest BCUT2D eigenvalue weighted by Crippen LogP contribution is -2.36. The Hall–Kier alpha value is -1.95. The maximum absolute atomic E-state index is 11.4. The van der Waals surface area contributed by atoms with Gasteiger partial charge in [0.1, 0.15) is 0 Å². The van der Waals surface area contributed by atoms with Crippen molar-refractivity contribution in [1.29, 1.82) is 0 Å². The highest BCUT2D eigenvalue weighted by atomic mass is 16.6. The second kappa shape index (κ2) is 6.47. The molecule has 0 saturated carbocycles. The zero-order valence-corrected chi connectivity index (χ0v) is 11.4. The van der Waals surface area contributed by atoms with Gasteiger partial charge in [-0.2, -0.15) is 0 Å². The van der Waals surface area contributed by atoms with Crippen molar-refractivity contribution >= 4 is 11.7 Å². The summed E-state index contributed by atoms with van der Waals surface area (Å²) in [4.78, 5) is 24.2. The fourth-order valence-corrected chi connectivity index (χ4v) is 2.56. The van der Waals surface area contributed by atoms with Crippen molar-refractivity contribution in [2.45, 2.75) is 19.4 Å². The maximum Gasteiger partial charge on any atom is 0.308 e. The Balaban J connectivity index is 1.96. The second-order valence-corrected chi connectivity index (χ2v) is 4.96. The lowest BCUT2D eigenvalue weighted by atomic mass is 9.96. The Morgan fingerprint density at radius 2 is 2.05 bits per heavy atom. The predicted molar refractivity (Wildman–Crippen MR) is 73.1 cm³/mol. The molecular formula is C14H18N2O4. The van der Waals surface area contributed by atoms with Gasteiger partial charge in [-0.1, -0.05) is 18.2 Å². The molecule has 0 aromatic heterocycles. The highest BCUT2D eigenvalue weighted by Gasteiger charge is 2.26. The number of piperidine rings is 1. The Kier molecular flexibility index (Phi) is 4.68. The van der Waals surface area contributed by atoms with Gasteiger partial charge in [-0.15, -0.1) is 0 Å². The minimum atomic E-state index is -0.351. The molecule has 0 aliphatic carbocycles. The van der Waals surface area contributed by atoms with Gasteiger partial charge in [0, 0.05) is 18.2 Å². The summed E-state index contributed by atoms with van der Waals surface area (Å²) in [5.41, 5.74) is 0.872. The Bertz CT molecular complexity index is 496. The number of esters is 1. The summed E-state index contributed by atoms with van der Waals surface area (Å²) >= 11 is 0. The Morgan fingerprint density at radius 3 is 2.65 bits per heavy atom. The number of carbonyl (C=O) groups is 1. The zero-order chi connectivity index (χ0) is 14.5. The average Bonchev–Trinajstić information content (AvgIpc) is 2.47. The van der Waals surface area contributed by atoms with Crippen LogP contribution in [0.3, 0.4) is 0 Å². The Morgan fingerprint density at radius 1 is 1.40 bits per heavy atom. The van der Waals surface area contributed by atoms with E-state index in [2.05, 4.69) is 4.90 Å². The molecule has 0 atom stereocenters. The van der Waals surface area contributed by atoms with E-state index in [1.807, 2.05) is 6.07 Å². The molecule has 1 aromatic rings. The number of nitro groups is 1. The number of para-hydroxylation sites is 1. The lowest BCUT2D eigenvalue weighted by Gasteiger charge is -2.30. The zero-order valence-electron chi connectivity index (χ0n) is 11.4. The van der Waals surface area contributed by atoms with Crippen LogP contribution in [0, 0.1) is 16.0 Å². The van der Waals surface area contributed by atoms with Gasteiger partial charge in [-0.25, -0.2) is 0 Å². The number of likely N-dealkylation sites (tertiary alicyclic amines) is 1. The molecule has 0 amide bonds. The smallest absolute Gasteiger partial charge is 0.308 e. The first-order chi connectivity index (χ1) is 9.61. The van der Waals surface area contributed by atoms with Crippen LogP contribution in [-0.2, 0) is 16.1 Å². The van der Waals surface area contributed by atoms with Crippen molar-refractivity contribution in [2.75, 3.05) is 20.2 Å². The van der Waals surface area contributed by atoms with Gasteiger partial charge in [0.25, 0.3) is 5.69 Å². The molecular weight excluding hydrogens is 260 g/mol. The standard InChI is InChI=1S/C14H18N2O4/c1-20-14(17)11-6-8-15(9-7-11)10-12-4-2-3-5-13(12)16(18)19/h2-5,11H,6-10H2,1H3. The van der Waals surface area contributed by atoms with Crippen LogP contribution in [-0.4, -0.2) is 36.0 Å². The molecule has 0 bridgehead atoms. The van der Waals surface area contributed by atoms with E-state index in [-0.39, 0.29) is 22.5 Å². The Labute approximate surface area is 117 Å². The molecule has 0 N–H and O–H groups in total. The maximum atomic E-state index is 11.4. The highest BCUT2D eigenvalue weighted by molar-refractivity contribution is 5.72. The molecule has 20 heavy (non-hydrogen) atoms. The minimum absolute atomic E-state index is 0.0398. The summed E-state index contributed by atoms with van der Waals surface area (Å²) in [5, 5.41) is 11.0. The third-order valence-electron chi connectivity index (χ3n) is 3.70. The molecule has 1 saturated heterocycles. The van der Waals surface area contributed by atoms with E-state index in [4.69, 9.17) is 4.74 Å². The van der Waals surface area contributed by atoms with E-state index in [0.29, 0.717) is 12.1 Å². The topological polar surface area (TPSA) is 72.7 Å². The van der Waals surface area contributed by atoms with Gasteiger partial charge < -0.3 is 4.74 Å². The van der Waals surface area contributed by atoms with Crippen molar-refractivity contribution in [1.82, 2.24) is 4.90 Å². The molecule has 0 spiro atoms. The molecule has 1 aromatic carbocycles. The van der Waals surface area contributed by atoms with Gasteiger partial charge in [-0.05, 0) is 25.9 Å². The largest absolute Gasteiger partial charge is 0.469 e. The van der Waals surface area contributed by atoms with Gasteiger partial charge in [0.2, 0.25) is 0 Å². The number of hydrogen-bond donors (Lipinski definition) is 0. The number of hydrogen-bond acceptors (Lipinski definition) is 5. The first-order valence-electron chi connectivity index (χ1n) is 6.64. The quantitative estimate of drug-likeness (QED) is 0.478. The molecule has 2 rings (SSSR count). The molecule has 1 fully saturated rings. The molecule has 1 aliphatic heterocycles. The molecule has 6 nitrogen and oxygen atoms in total. The molecule has 0 radical (unpaired) electrons. The van der Waals surface area contributed by atoms with E-state index in [0.717, 1.165) is 25.9 Å². The van der Waals surface area contributed by atoms with Crippen molar-refractivity contribution in [3.63, 3.8) is 0 Å². The van der Waals surface area contributed by atoms with Crippen molar-refractivity contribution in [2.24, 2.45) is 5.92 Å². The van der Waals surface area contributed by atoms with Gasteiger partial charge in [0.05, 0.1) is 18.0 Å². The second-order valence-electron chi connectivity index (χ2n) is 4.96. The van der Waals surface area contributed by atoms with Crippen LogP contribution in [0.1, 0.15) is 18.4 Å². The molecule has 0 unspecified atom stereocenters. The van der Waals surface area contributed by atoms with Crippen molar-refractivity contribution in [3.8, 4) is 0 Å². The molecule has 1 heterocycles. The van der Waals surface area contributed by atoms with Crippen LogP contribution in [0.5, 0.6) is 0 Å². The third kappa shape index (κ3) is 3.33. The fraction of sp³-hybridized carbons (Fsp3) is 0.500. The number of nitro benzene ring substituents is 1. The monoisotopic (exact) mass is 278 g/mol. The summed E-state index contributed by atoms with van der Waals surface area (Å²) in [6.45, 7) is 2.06. The van der Waals surface area contributed by atoms with Crippen LogP contribution in [0.25, 0.3) is 0 Å². The van der Waals surface area contributed by atoms with Crippen LogP contribution >= 0.6 is 0 Å². The van der Waals surface area contributed by atoms with Gasteiger partial charge >= 0.3 is 5.97 Å². The number of rotatable bonds is 4. The first kappa shape index (κ1) is 14.5. The fourth-order valence-electron chi connectivity index (χ4n) is 2.56. The van der Waals surface area contributed by atoms with Crippen LogP contribution < -0.4 is 0 Å². The van der Waals surface area contributed by atoms with E-state index in [1.54, 1.807) is 12.1 Å². The number of nitrogens with zero attached hydrogens (tertiary/aromatic N) is 2. The van der Waals surface area contributed by atoms with E-state index in [9.17, 15) is 14.9 Å². The number of ether oxygens (including phenoxy) is 1.